The van der Waals surface area contributed by atoms with Crippen LogP contribution in [0.25, 0.3) is 0 Å². The summed E-state index contributed by atoms with van der Waals surface area (Å²) in [5.74, 6) is 0.678. The van der Waals surface area contributed by atoms with Gasteiger partial charge >= 0.3 is 0 Å². The van der Waals surface area contributed by atoms with Crippen molar-refractivity contribution in [1.82, 2.24) is 10.3 Å². The number of halogens is 2. The molecule has 1 aliphatic heterocycles. The number of nitrogens with one attached hydrogen (secondary N) is 1. The van der Waals surface area contributed by atoms with Gasteiger partial charge in [-0.3, -0.25) is 4.79 Å². The van der Waals surface area contributed by atoms with Crippen LogP contribution in [-0.4, -0.2) is 37.2 Å². The number of benzene rings is 1. The fraction of sp³-hybridized carbons (Fsp3) is 0.333. The van der Waals surface area contributed by atoms with E-state index in [9.17, 15) is 4.79 Å². The zero-order valence-corrected chi connectivity index (χ0v) is 15.3. The molecule has 0 spiro atoms. The highest BCUT2D eigenvalue weighted by molar-refractivity contribution is 6.42. The molecule has 25 heavy (non-hydrogen) atoms. The van der Waals surface area contributed by atoms with E-state index in [1.54, 1.807) is 24.4 Å². The molecule has 1 aromatic carbocycles. The quantitative estimate of drug-likeness (QED) is 0.879. The summed E-state index contributed by atoms with van der Waals surface area (Å²) < 4.78 is 5.33. The molecule has 0 bridgehead atoms. The Balaban J connectivity index is 1.65. The summed E-state index contributed by atoms with van der Waals surface area (Å²) in [6.45, 7) is 4.92. The summed E-state index contributed by atoms with van der Waals surface area (Å²) in [4.78, 5) is 19.0. The Hall–Kier alpha value is -1.82. The molecule has 132 valence electrons. The van der Waals surface area contributed by atoms with Crippen molar-refractivity contribution in [2.75, 3.05) is 31.2 Å². The second kappa shape index (κ2) is 8.04. The molecule has 2 heterocycles. The van der Waals surface area contributed by atoms with Gasteiger partial charge in [-0.1, -0.05) is 29.3 Å². The fourth-order valence-electron chi connectivity index (χ4n) is 2.64. The van der Waals surface area contributed by atoms with Crippen LogP contribution in [0.3, 0.4) is 0 Å². The summed E-state index contributed by atoms with van der Waals surface area (Å²) in [6.07, 6.45) is 1.60. The van der Waals surface area contributed by atoms with Crippen LogP contribution in [0.2, 0.25) is 10.0 Å². The van der Waals surface area contributed by atoms with Crippen LogP contribution >= 0.6 is 23.2 Å². The molecule has 0 radical (unpaired) electrons. The van der Waals surface area contributed by atoms with Gasteiger partial charge < -0.3 is 15.0 Å². The van der Waals surface area contributed by atoms with Crippen molar-refractivity contribution in [3.05, 3.63) is 57.7 Å². The molecule has 5 nitrogen and oxygen atoms in total. The third kappa shape index (κ3) is 4.42. The Morgan fingerprint density at radius 1 is 1.20 bits per heavy atom. The summed E-state index contributed by atoms with van der Waals surface area (Å²) in [7, 11) is 0. The second-order valence-electron chi connectivity index (χ2n) is 5.87. The predicted molar refractivity (Wildman–Crippen MR) is 99.6 cm³/mol. The van der Waals surface area contributed by atoms with E-state index in [4.69, 9.17) is 27.9 Å². The largest absolute Gasteiger partial charge is 0.378 e. The van der Waals surface area contributed by atoms with Crippen molar-refractivity contribution in [3.63, 3.8) is 0 Å². The van der Waals surface area contributed by atoms with Crippen LogP contribution in [0.15, 0.2) is 36.5 Å². The Morgan fingerprint density at radius 3 is 2.60 bits per heavy atom. The van der Waals surface area contributed by atoms with Crippen molar-refractivity contribution < 1.29 is 9.53 Å². The lowest BCUT2D eigenvalue weighted by molar-refractivity contribution is 0.0939. The average molecular weight is 380 g/mol. The smallest absolute Gasteiger partial charge is 0.253 e. The molecule has 7 heteroatoms. The zero-order valence-electron chi connectivity index (χ0n) is 13.8. The van der Waals surface area contributed by atoms with Crippen LogP contribution in [0.4, 0.5) is 5.82 Å². The molecular weight excluding hydrogens is 361 g/mol. The van der Waals surface area contributed by atoms with E-state index in [2.05, 4.69) is 15.2 Å². The first-order chi connectivity index (χ1) is 12.0. The first kappa shape index (κ1) is 18.0. The first-order valence-electron chi connectivity index (χ1n) is 8.09. The molecule has 1 saturated heterocycles. The standard InChI is InChI=1S/C18H19Cl2N3O2/c1-12(13-2-4-15(19)16(20)10-13)22-18(24)14-3-5-17(21-11-14)23-6-8-25-9-7-23/h2-5,10-12H,6-9H2,1H3,(H,22,24). The first-order valence-corrected chi connectivity index (χ1v) is 8.85. The minimum absolute atomic E-state index is 0.181. The van der Waals surface area contributed by atoms with Gasteiger partial charge in [0.25, 0.3) is 5.91 Å². The molecule has 1 aromatic heterocycles. The number of nitrogens with zero attached hydrogens (tertiary/aromatic N) is 2. The molecule has 1 atom stereocenters. The topological polar surface area (TPSA) is 54.5 Å². The number of ether oxygens (including phenoxy) is 1. The van der Waals surface area contributed by atoms with Gasteiger partial charge in [0, 0.05) is 19.3 Å². The minimum Gasteiger partial charge on any atom is -0.378 e. The second-order valence-corrected chi connectivity index (χ2v) is 6.69. The van der Waals surface area contributed by atoms with E-state index in [1.165, 1.54) is 0 Å². The van der Waals surface area contributed by atoms with Gasteiger partial charge in [0.15, 0.2) is 0 Å². The number of pyridine rings is 1. The number of carbonyl (C=O) groups excluding carboxylic acids is 1. The summed E-state index contributed by atoms with van der Waals surface area (Å²) >= 11 is 12.0. The van der Waals surface area contributed by atoms with E-state index in [0.717, 1.165) is 24.5 Å². The lowest BCUT2D eigenvalue weighted by atomic mass is 10.1. The van der Waals surface area contributed by atoms with E-state index >= 15 is 0 Å². The van der Waals surface area contributed by atoms with E-state index < -0.39 is 0 Å². The maximum atomic E-state index is 12.4. The van der Waals surface area contributed by atoms with Crippen LogP contribution in [0, 0.1) is 0 Å². The third-order valence-electron chi connectivity index (χ3n) is 4.14. The lowest BCUT2D eigenvalue weighted by Crippen LogP contribution is -2.36. The van der Waals surface area contributed by atoms with Gasteiger partial charge in [-0.2, -0.15) is 0 Å². The number of anilines is 1. The normalized spacial score (nSPS) is 15.7. The molecule has 1 amide bonds. The van der Waals surface area contributed by atoms with Crippen molar-refractivity contribution in [2.24, 2.45) is 0 Å². The van der Waals surface area contributed by atoms with Gasteiger partial charge in [0.05, 0.1) is 34.9 Å². The van der Waals surface area contributed by atoms with Crippen molar-refractivity contribution in [1.29, 1.82) is 0 Å². The Bertz CT molecular complexity index is 746. The van der Waals surface area contributed by atoms with Crippen molar-refractivity contribution in [3.8, 4) is 0 Å². The van der Waals surface area contributed by atoms with E-state index in [1.807, 2.05) is 19.1 Å². The van der Waals surface area contributed by atoms with Crippen LogP contribution in [0.5, 0.6) is 0 Å². The molecule has 1 unspecified atom stereocenters. The Kier molecular flexibility index (Phi) is 5.78. The number of amides is 1. The molecular formula is C18H19Cl2N3O2. The predicted octanol–water partition coefficient (Wildman–Crippen LogP) is 3.72. The molecule has 1 fully saturated rings. The maximum Gasteiger partial charge on any atom is 0.253 e. The van der Waals surface area contributed by atoms with Gasteiger partial charge in [-0.25, -0.2) is 4.98 Å². The molecule has 0 aliphatic carbocycles. The Morgan fingerprint density at radius 2 is 1.96 bits per heavy atom. The molecule has 1 aliphatic rings. The van der Waals surface area contributed by atoms with Crippen LogP contribution in [-0.2, 0) is 4.74 Å². The third-order valence-corrected chi connectivity index (χ3v) is 4.88. The summed E-state index contributed by atoms with van der Waals surface area (Å²) in [6, 6.07) is 8.79. The highest BCUT2D eigenvalue weighted by Crippen LogP contribution is 2.25. The molecule has 3 rings (SSSR count). The van der Waals surface area contributed by atoms with E-state index in [0.29, 0.717) is 28.8 Å². The average Bonchev–Trinajstić information content (AvgIpc) is 2.64. The SMILES string of the molecule is CC(NC(=O)c1ccc(N2CCOCC2)nc1)c1ccc(Cl)c(Cl)c1. The number of aromatic nitrogens is 1. The molecule has 2 aromatic rings. The number of hydrogen-bond donors (Lipinski definition) is 1. The molecule has 0 saturated carbocycles. The van der Waals surface area contributed by atoms with Gasteiger partial charge in [-0.05, 0) is 36.8 Å². The number of morpholine rings is 1. The zero-order chi connectivity index (χ0) is 17.8. The van der Waals surface area contributed by atoms with Gasteiger partial charge in [0.1, 0.15) is 5.82 Å². The van der Waals surface area contributed by atoms with Crippen LogP contribution in [0.1, 0.15) is 28.9 Å². The monoisotopic (exact) mass is 379 g/mol. The Labute approximate surface area is 156 Å². The highest BCUT2D eigenvalue weighted by atomic mass is 35.5. The van der Waals surface area contributed by atoms with Gasteiger partial charge in [0.2, 0.25) is 0 Å². The van der Waals surface area contributed by atoms with Crippen molar-refractivity contribution >= 4 is 34.9 Å². The summed E-state index contributed by atoms with van der Waals surface area (Å²) in [5, 5.41) is 3.91. The molecule has 1 N–H and O–H groups in total. The fourth-order valence-corrected chi connectivity index (χ4v) is 2.95. The summed E-state index contributed by atoms with van der Waals surface area (Å²) in [5.41, 5.74) is 1.41. The highest BCUT2D eigenvalue weighted by Gasteiger charge is 2.15. The van der Waals surface area contributed by atoms with Crippen molar-refractivity contribution in [2.45, 2.75) is 13.0 Å². The van der Waals surface area contributed by atoms with Crippen LogP contribution < -0.4 is 10.2 Å². The van der Waals surface area contributed by atoms with E-state index in [-0.39, 0.29) is 11.9 Å². The lowest BCUT2D eigenvalue weighted by Gasteiger charge is -2.27. The number of rotatable bonds is 4. The van der Waals surface area contributed by atoms with Gasteiger partial charge in [-0.15, -0.1) is 0 Å². The number of carbonyl (C=O) groups is 1. The minimum atomic E-state index is -0.193. The number of hydrogen-bond acceptors (Lipinski definition) is 4. The maximum absolute atomic E-state index is 12.4.